The molecule has 0 atom stereocenters. The molecule has 2 heterocycles. The van der Waals surface area contributed by atoms with Gasteiger partial charge in [-0.3, -0.25) is 4.79 Å². The minimum absolute atomic E-state index is 0.292. The van der Waals surface area contributed by atoms with Gasteiger partial charge in [0.15, 0.2) is 0 Å². The van der Waals surface area contributed by atoms with Crippen molar-refractivity contribution in [2.24, 2.45) is 0 Å². The molecule has 2 amide bonds. The van der Waals surface area contributed by atoms with Gasteiger partial charge >= 0.3 is 12.1 Å². The molecular formula is C24H22N2O6S. The normalized spacial score (nSPS) is 12.5. The number of anilines is 1. The number of nitrogens with one attached hydrogen (secondary N) is 1. The third-order valence-corrected chi connectivity index (χ3v) is 6.34. The van der Waals surface area contributed by atoms with Crippen molar-refractivity contribution < 1.29 is 28.6 Å². The van der Waals surface area contributed by atoms with E-state index < -0.39 is 18.0 Å². The number of thiophene rings is 1. The minimum Gasteiger partial charge on any atom is -0.465 e. The number of methoxy groups -OCH3 is 2. The van der Waals surface area contributed by atoms with Gasteiger partial charge in [0.05, 0.1) is 31.9 Å². The topological polar surface area (TPSA) is 94.2 Å². The van der Waals surface area contributed by atoms with Crippen molar-refractivity contribution in [3.05, 3.63) is 76.2 Å². The molecule has 0 unspecified atom stereocenters. The van der Waals surface area contributed by atoms with Crippen LogP contribution in [0.1, 0.15) is 31.2 Å². The first-order valence-electron chi connectivity index (χ1n) is 10.2. The molecule has 8 nitrogen and oxygen atoms in total. The van der Waals surface area contributed by atoms with Crippen molar-refractivity contribution in [3.63, 3.8) is 0 Å². The molecule has 2 aromatic carbocycles. The summed E-state index contributed by atoms with van der Waals surface area (Å²) in [6.45, 7) is 0.696. The number of hydrogen-bond acceptors (Lipinski definition) is 7. The molecule has 9 heteroatoms. The number of fused-ring (bicyclic) bond motifs is 1. The molecule has 1 aromatic heterocycles. The average Bonchev–Trinajstić information content (AvgIpc) is 3.20. The Kier molecular flexibility index (Phi) is 6.60. The maximum atomic E-state index is 13.2. The van der Waals surface area contributed by atoms with E-state index in [0.717, 1.165) is 10.4 Å². The van der Waals surface area contributed by atoms with Gasteiger partial charge in [-0.15, -0.1) is 11.3 Å². The summed E-state index contributed by atoms with van der Waals surface area (Å²) >= 11 is 1.25. The molecule has 1 aliphatic heterocycles. The first-order chi connectivity index (χ1) is 16.0. The Balaban J connectivity index is 1.63. The Labute approximate surface area is 194 Å². The summed E-state index contributed by atoms with van der Waals surface area (Å²) in [6, 6.07) is 16.0. The second-order valence-corrected chi connectivity index (χ2v) is 8.31. The molecule has 0 bridgehead atoms. The van der Waals surface area contributed by atoms with Crippen LogP contribution in [0.3, 0.4) is 0 Å². The number of hydrogen-bond donors (Lipinski definition) is 1. The van der Waals surface area contributed by atoms with Gasteiger partial charge in [-0.2, -0.15) is 0 Å². The summed E-state index contributed by atoms with van der Waals surface area (Å²) in [5, 5.41) is 3.22. The van der Waals surface area contributed by atoms with Gasteiger partial charge in [0.2, 0.25) is 0 Å². The van der Waals surface area contributed by atoms with Gasteiger partial charge in [-0.25, -0.2) is 9.59 Å². The van der Waals surface area contributed by atoms with Crippen molar-refractivity contribution in [2.75, 3.05) is 26.1 Å². The lowest BCUT2D eigenvalue weighted by Gasteiger charge is -2.25. The molecule has 0 aliphatic carbocycles. The number of esters is 1. The number of benzene rings is 2. The van der Waals surface area contributed by atoms with E-state index in [0.29, 0.717) is 47.1 Å². The average molecular weight is 467 g/mol. The Bertz CT molecular complexity index is 1190. The Morgan fingerprint density at radius 2 is 1.70 bits per heavy atom. The van der Waals surface area contributed by atoms with Crippen molar-refractivity contribution in [3.8, 4) is 11.5 Å². The number of carbonyl (C=O) groups is 3. The fourth-order valence-electron chi connectivity index (χ4n) is 3.62. The summed E-state index contributed by atoms with van der Waals surface area (Å²) in [4.78, 5) is 40.1. The molecule has 4 rings (SSSR count). The maximum Gasteiger partial charge on any atom is 0.409 e. The molecular weight excluding hydrogens is 444 g/mol. The number of rotatable bonds is 5. The lowest BCUT2D eigenvalue weighted by molar-refractivity contribution is 0.0600. The standard InChI is InChI=1S/C24H22N2O6S/c1-30-23(28)20-17-12-13-26(24(29)31-2)14-19(17)33-22(20)25-21(27)16-10-6-7-11-18(16)32-15-8-4-3-5-9-15/h3-11H,12-14H2,1-2H3,(H,25,27). The summed E-state index contributed by atoms with van der Waals surface area (Å²) < 4.78 is 15.7. The zero-order valence-corrected chi connectivity index (χ0v) is 18.9. The molecule has 1 N–H and O–H groups in total. The summed E-state index contributed by atoms with van der Waals surface area (Å²) in [6.07, 6.45) is 0.0147. The molecule has 0 spiro atoms. The van der Waals surface area contributed by atoms with E-state index in [1.54, 1.807) is 41.3 Å². The lowest BCUT2D eigenvalue weighted by Crippen LogP contribution is -2.35. The maximum absolute atomic E-state index is 13.2. The SMILES string of the molecule is COC(=O)c1c(NC(=O)c2ccccc2Oc2ccccc2)sc2c1CCN(C(=O)OC)C2. The summed E-state index contributed by atoms with van der Waals surface area (Å²) in [7, 11) is 2.62. The van der Waals surface area contributed by atoms with Crippen molar-refractivity contribution in [2.45, 2.75) is 13.0 Å². The van der Waals surface area contributed by atoms with Crippen molar-refractivity contribution in [1.29, 1.82) is 0 Å². The Morgan fingerprint density at radius 1 is 0.970 bits per heavy atom. The largest absolute Gasteiger partial charge is 0.465 e. The van der Waals surface area contributed by atoms with Crippen LogP contribution in [0.4, 0.5) is 9.80 Å². The highest BCUT2D eigenvalue weighted by Gasteiger charge is 2.31. The molecule has 170 valence electrons. The van der Waals surface area contributed by atoms with Gasteiger partial charge in [0.1, 0.15) is 16.5 Å². The van der Waals surface area contributed by atoms with Gasteiger partial charge in [0.25, 0.3) is 5.91 Å². The fourth-order valence-corrected chi connectivity index (χ4v) is 4.87. The van der Waals surface area contributed by atoms with Crippen LogP contribution >= 0.6 is 11.3 Å². The van der Waals surface area contributed by atoms with Crippen LogP contribution in [0.5, 0.6) is 11.5 Å². The Hall–Kier alpha value is -3.85. The fraction of sp³-hybridized carbons (Fsp3) is 0.208. The quantitative estimate of drug-likeness (QED) is 0.548. The van der Waals surface area contributed by atoms with E-state index in [2.05, 4.69) is 5.32 Å². The second kappa shape index (κ2) is 9.74. The third-order valence-electron chi connectivity index (χ3n) is 5.21. The van der Waals surface area contributed by atoms with E-state index in [-0.39, 0.29) is 0 Å². The van der Waals surface area contributed by atoms with E-state index in [4.69, 9.17) is 14.2 Å². The molecule has 0 saturated heterocycles. The molecule has 0 fully saturated rings. The molecule has 3 aromatic rings. The summed E-state index contributed by atoms with van der Waals surface area (Å²) in [5.41, 5.74) is 1.41. The van der Waals surface area contributed by atoms with E-state index in [1.807, 2.05) is 18.2 Å². The predicted molar refractivity (Wildman–Crippen MR) is 123 cm³/mol. The lowest BCUT2D eigenvalue weighted by atomic mass is 10.0. The van der Waals surface area contributed by atoms with Gasteiger partial charge in [-0.1, -0.05) is 30.3 Å². The van der Waals surface area contributed by atoms with Crippen LogP contribution in [0.15, 0.2) is 54.6 Å². The van der Waals surface area contributed by atoms with Crippen LogP contribution in [0, 0.1) is 0 Å². The number of para-hydroxylation sites is 2. The second-order valence-electron chi connectivity index (χ2n) is 7.21. The van der Waals surface area contributed by atoms with Crippen molar-refractivity contribution in [1.82, 2.24) is 4.90 Å². The molecule has 1 aliphatic rings. The van der Waals surface area contributed by atoms with Crippen molar-refractivity contribution >= 4 is 34.3 Å². The molecule has 0 radical (unpaired) electrons. The molecule has 0 saturated carbocycles. The number of nitrogens with zero attached hydrogens (tertiary/aromatic N) is 1. The van der Waals surface area contributed by atoms with Crippen LogP contribution in [0.25, 0.3) is 0 Å². The van der Waals surface area contributed by atoms with E-state index in [9.17, 15) is 14.4 Å². The van der Waals surface area contributed by atoms with Gasteiger partial charge in [0, 0.05) is 11.4 Å². The number of ether oxygens (including phenoxy) is 3. The highest BCUT2D eigenvalue weighted by molar-refractivity contribution is 7.17. The third kappa shape index (κ3) is 4.68. The van der Waals surface area contributed by atoms with E-state index >= 15 is 0 Å². The van der Waals surface area contributed by atoms with E-state index in [1.165, 1.54) is 25.6 Å². The highest BCUT2D eigenvalue weighted by Crippen LogP contribution is 2.38. The molecule has 33 heavy (non-hydrogen) atoms. The Morgan fingerprint density at radius 3 is 2.42 bits per heavy atom. The van der Waals surface area contributed by atoms with Crippen LogP contribution < -0.4 is 10.1 Å². The smallest absolute Gasteiger partial charge is 0.409 e. The highest BCUT2D eigenvalue weighted by atomic mass is 32.1. The first-order valence-corrected chi connectivity index (χ1v) is 11.0. The minimum atomic E-state index is -0.539. The zero-order valence-electron chi connectivity index (χ0n) is 18.1. The summed E-state index contributed by atoms with van der Waals surface area (Å²) in [5.74, 6) is 0.0275. The number of amides is 2. The van der Waals surface area contributed by atoms with Crippen LogP contribution in [-0.2, 0) is 22.4 Å². The first kappa shape index (κ1) is 22.3. The van der Waals surface area contributed by atoms with Gasteiger partial charge in [-0.05, 0) is 36.2 Å². The van der Waals surface area contributed by atoms with Crippen LogP contribution in [0.2, 0.25) is 0 Å². The monoisotopic (exact) mass is 466 g/mol. The number of carbonyl (C=O) groups excluding carboxylic acids is 3. The van der Waals surface area contributed by atoms with Crippen LogP contribution in [-0.4, -0.2) is 43.6 Å². The van der Waals surface area contributed by atoms with Gasteiger partial charge < -0.3 is 24.4 Å². The predicted octanol–water partition coefficient (Wildman–Crippen LogP) is 4.70. The zero-order chi connectivity index (χ0) is 23.4.